The summed E-state index contributed by atoms with van der Waals surface area (Å²) in [4.78, 5) is 2.48. The lowest BCUT2D eigenvalue weighted by Crippen LogP contribution is -2.30. The van der Waals surface area contributed by atoms with Crippen molar-refractivity contribution in [2.75, 3.05) is 10.2 Å². The summed E-state index contributed by atoms with van der Waals surface area (Å²) < 4.78 is 4.91. The number of allylic oxidation sites excluding steroid dienone is 5. The molecule has 0 saturated heterocycles. The fourth-order valence-corrected chi connectivity index (χ4v) is 11.9. The van der Waals surface area contributed by atoms with E-state index >= 15 is 0 Å². The Morgan fingerprint density at radius 3 is 2.15 bits per heavy atom. The molecule has 2 bridgehead atoms. The summed E-state index contributed by atoms with van der Waals surface area (Å²) in [6.07, 6.45) is 18.9. The topological polar surface area (TPSA) is 25.1 Å². The molecule has 2 aromatic heterocycles. The first-order chi connectivity index (χ1) is 33.3. The van der Waals surface area contributed by atoms with Crippen LogP contribution in [0.2, 0.25) is 0 Å². The van der Waals surface area contributed by atoms with E-state index in [-0.39, 0.29) is 10.8 Å². The lowest BCUT2D eigenvalue weighted by atomic mass is 9.77. The van der Waals surface area contributed by atoms with Crippen LogP contribution in [0.3, 0.4) is 0 Å². The van der Waals surface area contributed by atoms with E-state index in [1.165, 1.54) is 111 Å². The van der Waals surface area contributed by atoms with Crippen molar-refractivity contribution >= 4 is 73.8 Å². The van der Waals surface area contributed by atoms with Gasteiger partial charge in [0.1, 0.15) is 0 Å². The molecule has 0 radical (unpaired) electrons. The van der Waals surface area contributed by atoms with Gasteiger partial charge >= 0.3 is 0 Å². The van der Waals surface area contributed by atoms with Gasteiger partial charge in [0, 0.05) is 49.8 Å². The van der Waals surface area contributed by atoms with E-state index in [0.717, 1.165) is 17.5 Å². The van der Waals surface area contributed by atoms with E-state index in [9.17, 15) is 0 Å². The van der Waals surface area contributed by atoms with E-state index in [2.05, 4.69) is 259 Å². The molecular weight excluding hydrogens is 825 g/mol. The molecule has 4 nitrogen and oxygen atoms in total. The van der Waals surface area contributed by atoms with Crippen molar-refractivity contribution in [3.63, 3.8) is 0 Å². The van der Waals surface area contributed by atoms with Crippen LogP contribution >= 0.6 is 0 Å². The third-order valence-corrected chi connectivity index (χ3v) is 15.4. The summed E-state index contributed by atoms with van der Waals surface area (Å²) in [5.41, 5.74) is 20.6. The average Bonchev–Trinajstić information content (AvgIpc) is 3.97. The first kappa shape index (κ1) is 38.9. The molecule has 10 aromatic rings. The number of hydrogen-bond donors (Lipinski definition) is 1. The largest absolute Gasteiger partial charge is 0.360 e. The van der Waals surface area contributed by atoms with Crippen LogP contribution in [-0.2, 0) is 10.8 Å². The predicted octanol–water partition coefficient (Wildman–Crippen LogP) is 14.9. The molecule has 0 fully saturated rings. The monoisotopic (exact) mass is 872 g/mol. The van der Waals surface area contributed by atoms with Crippen LogP contribution < -0.4 is 20.8 Å². The maximum absolute atomic E-state index is 3.83. The van der Waals surface area contributed by atoms with Crippen molar-refractivity contribution in [2.45, 2.75) is 38.0 Å². The first-order valence-corrected chi connectivity index (χ1v) is 23.9. The van der Waals surface area contributed by atoms with E-state index < -0.39 is 0 Å². The van der Waals surface area contributed by atoms with Gasteiger partial charge < -0.3 is 19.4 Å². The fourth-order valence-electron chi connectivity index (χ4n) is 11.9. The van der Waals surface area contributed by atoms with Gasteiger partial charge in [-0.3, -0.25) is 0 Å². The Balaban J connectivity index is 0.862. The van der Waals surface area contributed by atoms with Gasteiger partial charge in [-0.1, -0.05) is 160 Å². The second-order valence-electron chi connectivity index (χ2n) is 19.7. The highest BCUT2D eigenvalue weighted by molar-refractivity contribution is 6.17. The normalized spacial score (nSPS) is 17.2. The average molecular weight is 873 g/mol. The molecule has 0 saturated carbocycles. The van der Waals surface area contributed by atoms with Crippen LogP contribution in [0.1, 0.15) is 49.4 Å². The molecule has 1 unspecified atom stereocenters. The van der Waals surface area contributed by atoms with Gasteiger partial charge in [0.15, 0.2) is 0 Å². The molecule has 2 aliphatic heterocycles. The quantitative estimate of drug-likeness (QED) is 0.186. The van der Waals surface area contributed by atoms with E-state index in [0.29, 0.717) is 0 Å². The van der Waals surface area contributed by atoms with Gasteiger partial charge in [0.2, 0.25) is 0 Å². The standard InChI is InChI=1S/C64H48N4/c1-63(2)53-38-45(65-40-61-49-20-14-19-42-18-8-9-22-55(42)67(61)56-33-27-44(37-52(49)56)64(3)34-12-5-13-35-64)28-30-47(53)48-31-29-46(39-54(48)63)66-58-23-10-11-24-59(58)68-57-32-26-43(41-16-6-4-7-17-41)36-51(57)50-21-15-25-60(66)62(50)68/h4-34,36-40,65H,35H2,1-3H3/b19-14?,49-20?,61-40-. The number of benzene rings is 8. The molecule has 0 amide bonds. The van der Waals surface area contributed by atoms with Gasteiger partial charge in [-0.2, -0.15) is 0 Å². The summed E-state index contributed by atoms with van der Waals surface area (Å²) >= 11 is 0. The lowest BCUT2D eigenvalue weighted by molar-refractivity contribution is 0.600. The SMILES string of the molecule is CC1(c2ccc3c(c2)c2/c(=C/Nc4ccc5c(c4)C(C)(C)c4cc(N6c7ccccc7-n7c8ccc(-c9ccccc9)cc8c8cccc6c87)ccc4-5)n3-c3ccccc3C=CC=2)C=CC=CC1. The highest BCUT2D eigenvalue weighted by atomic mass is 15.2. The zero-order valence-corrected chi connectivity index (χ0v) is 38.3. The Kier molecular flexibility index (Phi) is 8.19. The van der Waals surface area contributed by atoms with Crippen LogP contribution in [0, 0.1) is 0 Å². The van der Waals surface area contributed by atoms with Gasteiger partial charge in [-0.15, -0.1) is 0 Å². The minimum Gasteiger partial charge on any atom is -0.360 e. The van der Waals surface area contributed by atoms with Crippen molar-refractivity contribution in [1.82, 2.24) is 9.13 Å². The summed E-state index contributed by atoms with van der Waals surface area (Å²) in [5, 5.41) is 9.97. The van der Waals surface area contributed by atoms with Crippen LogP contribution in [0.15, 0.2) is 200 Å². The van der Waals surface area contributed by atoms with Crippen LogP contribution in [0.25, 0.3) is 84.7 Å². The summed E-state index contributed by atoms with van der Waals surface area (Å²) in [5.74, 6) is 0. The molecule has 324 valence electrons. The Hall–Kier alpha value is -8.34. The number of nitrogens with zero attached hydrogens (tertiary/aromatic N) is 3. The smallest absolute Gasteiger partial charge is 0.0783 e. The third-order valence-electron chi connectivity index (χ3n) is 15.4. The lowest BCUT2D eigenvalue weighted by Gasteiger charge is -2.34. The van der Waals surface area contributed by atoms with Gasteiger partial charge in [-0.25, -0.2) is 0 Å². The molecule has 1 N–H and O–H groups in total. The van der Waals surface area contributed by atoms with E-state index in [1.54, 1.807) is 0 Å². The predicted molar refractivity (Wildman–Crippen MR) is 286 cm³/mol. The molecule has 1 atom stereocenters. The number of nitrogens with one attached hydrogen (secondary N) is 1. The molecule has 8 aromatic carbocycles. The summed E-state index contributed by atoms with van der Waals surface area (Å²) in [7, 11) is 0. The zero-order valence-electron chi connectivity index (χ0n) is 38.3. The maximum atomic E-state index is 3.83. The fraction of sp³-hybridized carbons (Fsp3) is 0.0938. The second-order valence-corrected chi connectivity index (χ2v) is 19.7. The summed E-state index contributed by atoms with van der Waals surface area (Å²) in [6, 6.07) is 63.2. The van der Waals surface area contributed by atoms with E-state index in [1.807, 2.05) is 0 Å². The van der Waals surface area contributed by atoms with Crippen LogP contribution in [0.5, 0.6) is 0 Å². The molecular formula is C64H48N4. The number of aromatic nitrogens is 2. The molecule has 2 aliphatic carbocycles. The molecule has 4 aliphatic rings. The Labute approximate surface area is 396 Å². The number of anilines is 4. The second kappa shape index (κ2) is 14.3. The highest BCUT2D eigenvalue weighted by Crippen LogP contribution is 2.54. The van der Waals surface area contributed by atoms with Crippen molar-refractivity contribution in [3.05, 3.63) is 233 Å². The Morgan fingerprint density at radius 2 is 1.29 bits per heavy atom. The van der Waals surface area contributed by atoms with Crippen molar-refractivity contribution in [3.8, 4) is 33.6 Å². The third kappa shape index (κ3) is 5.55. The Morgan fingerprint density at radius 1 is 0.544 bits per heavy atom. The van der Waals surface area contributed by atoms with Crippen LogP contribution in [0.4, 0.5) is 22.7 Å². The first-order valence-electron chi connectivity index (χ1n) is 23.9. The zero-order chi connectivity index (χ0) is 45.3. The van der Waals surface area contributed by atoms with Crippen LogP contribution in [-0.4, -0.2) is 9.13 Å². The molecule has 14 rings (SSSR count). The molecule has 4 heteroatoms. The van der Waals surface area contributed by atoms with Crippen molar-refractivity contribution < 1.29 is 0 Å². The van der Waals surface area contributed by atoms with Gasteiger partial charge in [0.05, 0.1) is 44.6 Å². The highest BCUT2D eigenvalue weighted by Gasteiger charge is 2.37. The number of fused-ring (bicyclic) bond motifs is 15. The molecule has 0 spiro atoms. The van der Waals surface area contributed by atoms with Gasteiger partial charge in [0.25, 0.3) is 0 Å². The number of para-hydroxylation sites is 4. The molecule has 68 heavy (non-hydrogen) atoms. The number of hydrogen-bond acceptors (Lipinski definition) is 2. The van der Waals surface area contributed by atoms with Gasteiger partial charge in [-0.05, 0) is 124 Å². The Bertz CT molecular complexity index is 4020. The van der Waals surface area contributed by atoms with Crippen molar-refractivity contribution in [1.29, 1.82) is 0 Å². The maximum Gasteiger partial charge on any atom is 0.0783 e. The minimum atomic E-state index is -0.240. The van der Waals surface area contributed by atoms with E-state index in [4.69, 9.17) is 0 Å². The summed E-state index contributed by atoms with van der Waals surface area (Å²) in [6.45, 7) is 7.12. The molecule has 4 heterocycles. The number of rotatable bonds is 5. The minimum absolute atomic E-state index is 0.0463. The van der Waals surface area contributed by atoms with Crippen molar-refractivity contribution in [2.24, 2.45) is 0 Å².